The minimum absolute atomic E-state index is 0.0306. The molecule has 3 unspecified atom stereocenters. The molecule has 0 radical (unpaired) electrons. The molecule has 0 rings (SSSR count). The van der Waals surface area contributed by atoms with Crippen molar-refractivity contribution in [1.82, 2.24) is 0 Å². The first-order valence-corrected chi connectivity index (χ1v) is 7.54. The summed E-state index contributed by atoms with van der Waals surface area (Å²) in [6.45, 7) is 15.0. The van der Waals surface area contributed by atoms with Gasteiger partial charge in [0.1, 0.15) is 6.61 Å². The Kier molecular flexibility index (Phi) is 11.2. The molecule has 0 heterocycles. The highest BCUT2D eigenvalue weighted by molar-refractivity contribution is 5.86. The minimum atomic E-state index is -0.392. The molecule has 0 spiro atoms. The molecule has 0 aliphatic carbocycles. The van der Waals surface area contributed by atoms with E-state index in [-0.39, 0.29) is 24.9 Å². The zero-order chi connectivity index (χ0) is 16.3. The van der Waals surface area contributed by atoms with Gasteiger partial charge in [0.25, 0.3) is 0 Å². The lowest BCUT2D eigenvalue weighted by atomic mass is 10.3. The lowest BCUT2D eigenvalue weighted by Crippen LogP contribution is -2.27. The summed E-state index contributed by atoms with van der Waals surface area (Å²) in [5.41, 5.74) is 0.389. The van der Waals surface area contributed by atoms with Gasteiger partial charge in [-0.3, -0.25) is 0 Å². The van der Waals surface area contributed by atoms with Gasteiger partial charge in [0, 0.05) is 12.2 Å². The molecule has 21 heavy (non-hydrogen) atoms. The number of ether oxygens (including phenoxy) is 4. The molecule has 0 amide bonds. The predicted molar refractivity (Wildman–Crippen MR) is 82.3 cm³/mol. The summed E-state index contributed by atoms with van der Waals surface area (Å²) in [6.07, 6.45) is 0.884. The molecule has 0 aliphatic heterocycles. The van der Waals surface area contributed by atoms with Gasteiger partial charge >= 0.3 is 5.97 Å². The van der Waals surface area contributed by atoms with E-state index in [0.717, 1.165) is 13.0 Å². The topological polar surface area (TPSA) is 54.0 Å². The van der Waals surface area contributed by atoms with Crippen molar-refractivity contribution in [3.8, 4) is 0 Å². The van der Waals surface area contributed by atoms with Crippen LogP contribution in [0.5, 0.6) is 0 Å². The number of hydrogen-bond acceptors (Lipinski definition) is 5. The Hall–Kier alpha value is -0.910. The molecule has 0 N–H and O–H groups in total. The smallest absolute Gasteiger partial charge is 0.333 e. The van der Waals surface area contributed by atoms with Gasteiger partial charge in [0.05, 0.1) is 31.5 Å². The van der Waals surface area contributed by atoms with Gasteiger partial charge in [-0.25, -0.2) is 4.79 Å². The molecule has 5 heteroatoms. The zero-order valence-corrected chi connectivity index (χ0v) is 14.0. The van der Waals surface area contributed by atoms with Gasteiger partial charge < -0.3 is 18.9 Å². The van der Waals surface area contributed by atoms with Crippen LogP contribution in [0.2, 0.25) is 0 Å². The lowest BCUT2D eigenvalue weighted by Gasteiger charge is -2.20. The highest BCUT2D eigenvalue weighted by Crippen LogP contribution is 2.02. The average molecular weight is 302 g/mol. The Bertz CT molecular complexity index is 303. The van der Waals surface area contributed by atoms with Gasteiger partial charge in [-0.15, -0.1) is 0 Å². The van der Waals surface area contributed by atoms with E-state index < -0.39 is 5.97 Å². The highest BCUT2D eigenvalue weighted by Gasteiger charge is 2.11. The molecular formula is C16H30O5. The summed E-state index contributed by atoms with van der Waals surface area (Å²) in [5, 5.41) is 0. The van der Waals surface area contributed by atoms with E-state index in [0.29, 0.717) is 18.8 Å². The molecular weight excluding hydrogens is 272 g/mol. The van der Waals surface area contributed by atoms with E-state index in [1.807, 2.05) is 20.8 Å². The molecule has 0 saturated carbocycles. The minimum Gasteiger partial charge on any atom is -0.460 e. The second kappa shape index (κ2) is 11.7. The first-order valence-electron chi connectivity index (χ1n) is 7.54. The molecule has 0 aromatic rings. The summed E-state index contributed by atoms with van der Waals surface area (Å²) in [7, 11) is 0. The van der Waals surface area contributed by atoms with Crippen molar-refractivity contribution in [2.45, 2.75) is 59.4 Å². The van der Waals surface area contributed by atoms with Crippen molar-refractivity contribution in [2.24, 2.45) is 0 Å². The van der Waals surface area contributed by atoms with Crippen LogP contribution in [0.3, 0.4) is 0 Å². The van der Waals surface area contributed by atoms with Gasteiger partial charge in [-0.2, -0.15) is 0 Å². The summed E-state index contributed by atoms with van der Waals surface area (Å²) in [5.74, 6) is -0.392. The van der Waals surface area contributed by atoms with Crippen LogP contribution in [-0.4, -0.2) is 50.7 Å². The monoisotopic (exact) mass is 302 g/mol. The van der Waals surface area contributed by atoms with E-state index in [1.54, 1.807) is 6.92 Å². The summed E-state index contributed by atoms with van der Waals surface area (Å²) >= 11 is 0. The maximum absolute atomic E-state index is 11.2. The number of carbonyl (C=O) groups is 1. The van der Waals surface area contributed by atoms with Crippen molar-refractivity contribution < 1.29 is 23.7 Å². The Balaban J connectivity index is 3.69. The second-order valence-corrected chi connectivity index (χ2v) is 5.35. The molecule has 124 valence electrons. The van der Waals surface area contributed by atoms with Crippen molar-refractivity contribution in [2.75, 3.05) is 26.4 Å². The van der Waals surface area contributed by atoms with E-state index in [4.69, 9.17) is 18.9 Å². The number of rotatable bonds is 12. The molecule has 0 bridgehead atoms. The number of carbonyl (C=O) groups excluding carboxylic acids is 1. The molecule has 0 aromatic carbocycles. The molecule has 5 nitrogen and oxygen atoms in total. The van der Waals surface area contributed by atoms with Crippen molar-refractivity contribution in [1.29, 1.82) is 0 Å². The number of hydrogen-bond donors (Lipinski definition) is 0. The van der Waals surface area contributed by atoms with Gasteiger partial charge in [-0.05, 0) is 34.1 Å². The normalized spacial score (nSPS) is 15.3. The van der Waals surface area contributed by atoms with Crippen molar-refractivity contribution >= 4 is 5.97 Å². The first kappa shape index (κ1) is 20.1. The fourth-order valence-corrected chi connectivity index (χ4v) is 1.38. The molecule has 0 aromatic heterocycles. The summed E-state index contributed by atoms with van der Waals surface area (Å²) in [4.78, 5) is 11.2. The van der Waals surface area contributed by atoms with Crippen LogP contribution in [-0.2, 0) is 23.7 Å². The third kappa shape index (κ3) is 11.4. The molecule has 3 atom stereocenters. The van der Waals surface area contributed by atoms with Crippen LogP contribution < -0.4 is 0 Å². The second-order valence-electron chi connectivity index (χ2n) is 5.35. The van der Waals surface area contributed by atoms with Gasteiger partial charge in [-0.1, -0.05) is 13.5 Å². The van der Waals surface area contributed by atoms with Crippen LogP contribution in [0.4, 0.5) is 0 Å². The van der Waals surface area contributed by atoms with Crippen LogP contribution in [0.15, 0.2) is 12.2 Å². The third-order valence-electron chi connectivity index (χ3n) is 2.63. The average Bonchev–Trinajstić information content (AvgIpc) is 2.45. The molecule has 0 fully saturated rings. The number of esters is 1. The van der Waals surface area contributed by atoms with E-state index in [1.165, 1.54) is 0 Å². The third-order valence-corrected chi connectivity index (χ3v) is 2.63. The molecule has 0 aliphatic rings. The Morgan fingerprint density at radius 2 is 1.43 bits per heavy atom. The van der Waals surface area contributed by atoms with Gasteiger partial charge in [0.15, 0.2) is 0 Å². The van der Waals surface area contributed by atoms with Crippen LogP contribution >= 0.6 is 0 Å². The van der Waals surface area contributed by atoms with E-state index >= 15 is 0 Å². The van der Waals surface area contributed by atoms with Crippen LogP contribution in [0, 0.1) is 0 Å². The van der Waals surface area contributed by atoms with Gasteiger partial charge in [0.2, 0.25) is 0 Å². The highest BCUT2D eigenvalue weighted by atomic mass is 16.6. The molecule has 0 saturated heterocycles. The fourth-order valence-electron chi connectivity index (χ4n) is 1.38. The maximum atomic E-state index is 11.2. The zero-order valence-electron chi connectivity index (χ0n) is 14.0. The van der Waals surface area contributed by atoms with Crippen molar-refractivity contribution in [3.05, 3.63) is 12.2 Å². The van der Waals surface area contributed by atoms with Crippen LogP contribution in [0.25, 0.3) is 0 Å². The Morgan fingerprint density at radius 1 is 0.952 bits per heavy atom. The van der Waals surface area contributed by atoms with E-state index in [2.05, 4.69) is 13.5 Å². The van der Waals surface area contributed by atoms with Crippen molar-refractivity contribution in [3.63, 3.8) is 0 Å². The van der Waals surface area contributed by atoms with Crippen LogP contribution in [0.1, 0.15) is 41.0 Å². The maximum Gasteiger partial charge on any atom is 0.333 e. The standard InChI is InChI=1S/C16H30O5/c1-7-8-18-13(4)9-19-14(5)10-20-15(6)11-21-16(17)12(2)3/h13-15H,2,7-11H2,1,3-6H3. The van der Waals surface area contributed by atoms with E-state index in [9.17, 15) is 4.79 Å². The largest absolute Gasteiger partial charge is 0.460 e. The SMILES string of the molecule is C=C(C)C(=O)OCC(C)OCC(C)OCC(C)OCCC. The Morgan fingerprint density at radius 3 is 1.90 bits per heavy atom. The fraction of sp³-hybridized carbons (Fsp3) is 0.812. The lowest BCUT2D eigenvalue weighted by molar-refractivity contribution is -0.144. The summed E-state index contributed by atoms with van der Waals surface area (Å²) < 4.78 is 21.8. The first-order chi connectivity index (χ1) is 9.86. The predicted octanol–water partition coefficient (Wildman–Crippen LogP) is 2.73. The quantitative estimate of drug-likeness (QED) is 0.410. The summed E-state index contributed by atoms with van der Waals surface area (Å²) in [6, 6.07) is 0. The Labute approximate surface area is 128 Å².